The van der Waals surface area contributed by atoms with Gasteiger partial charge in [-0.2, -0.15) is 0 Å². The van der Waals surface area contributed by atoms with Gasteiger partial charge in [-0.1, -0.05) is 37.3 Å². The number of halogens is 1. The summed E-state index contributed by atoms with van der Waals surface area (Å²) in [5.74, 6) is 0.750. The predicted octanol–water partition coefficient (Wildman–Crippen LogP) is -2.54. The number of hydrogen-bond acceptors (Lipinski definition) is 5. The molecule has 0 spiro atoms. The van der Waals surface area contributed by atoms with E-state index in [1.807, 2.05) is 41.8 Å². The molecule has 2 aromatic heterocycles. The highest BCUT2D eigenvalue weighted by molar-refractivity contribution is 5.71. The van der Waals surface area contributed by atoms with Crippen molar-refractivity contribution in [3.8, 4) is 0 Å². The topological polar surface area (TPSA) is 85.3 Å². The van der Waals surface area contributed by atoms with Crippen molar-refractivity contribution in [2.45, 2.75) is 19.9 Å². The highest BCUT2D eigenvalue weighted by atomic mass is 35.5. The summed E-state index contributed by atoms with van der Waals surface area (Å²) >= 11 is 0. The second kappa shape index (κ2) is 9.87. The van der Waals surface area contributed by atoms with E-state index in [0.717, 1.165) is 22.5 Å². The van der Waals surface area contributed by atoms with Gasteiger partial charge in [-0.3, -0.25) is 18.8 Å². The zero-order valence-electron chi connectivity index (χ0n) is 18.0. The third-order valence-corrected chi connectivity index (χ3v) is 5.14. The highest BCUT2D eigenvalue weighted by Gasteiger charge is 2.19. The first-order valence-electron chi connectivity index (χ1n) is 9.50. The van der Waals surface area contributed by atoms with Crippen LogP contribution < -0.4 is 23.7 Å². The maximum atomic E-state index is 12.9. The second-order valence-electron chi connectivity index (χ2n) is 6.88. The number of aliphatic hydroxyl groups is 1. The molecule has 0 aliphatic rings. The number of fused-ring (bicyclic) bond motifs is 1. The van der Waals surface area contributed by atoms with Crippen molar-refractivity contribution < 1.29 is 18.9 Å². The number of aromatic nitrogens is 4. The lowest BCUT2D eigenvalue weighted by Crippen LogP contribution is -3.00. The van der Waals surface area contributed by atoms with Crippen LogP contribution in [0, 0.1) is 0 Å². The number of aliphatic hydroxyl groups excluding tert-OH is 1. The van der Waals surface area contributed by atoms with Crippen molar-refractivity contribution in [2.24, 2.45) is 14.1 Å². The molecule has 8 nitrogen and oxygen atoms in total. The quantitative estimate of drug-likeness (QED) is 0.433. The smallest absolute Gasteiger partial charge is 1.00 e. The van der Waals surface area contributed by atoms with Crippen LogP contribution >= 0.6 is 0 Å². The molecule has 0 amide bonds. The minimum Gasteiger partial charge on any atom is -1.00 e. The van der Waals surface area contributed by atoms with Gasteiger partial charge in [0, 0.05) is 40.2 Å². The van der Waals surface area contributed by atoms with E-state index in [2.05, 4.69) is 9.88 Å². The molecule has 0 saturated carbocycles. The largest absolute Gasteiger partial charge is 1.00 e. The molecule has 0 aliphatic carbocycles. The second-order valence-corrected chi connectivity index (χ2v) is 6.88. The molecular weight excluding hydrogens is 394 g/mol. The average molecular weight is 422 g/mol. The van der Waals surface area contributed by atoms with Crippen LogP contribution in [0.5, 0.6) is 0 Å². The number of imidazole rings is 1. The van der Waals surface area contributed by atoms with Gasteiger partial charge in [0.15, 0.2) is 11.2 Å². The Morgan fingerprint density at radius 3 is 2.41 bits per heavy atom. The minimum atomic E-state index is -0.385. The lowest BCUT2D eigenvalue weighted by Gasteiger charge is -2.20. The predicted molar refractivity (Wildman–Crippen MR) is 110 cm³/mol. The SMILES string of the molecule is CCN(CCO)CCn1c(Cc2ccccc2)nc2c1c(=O)n(C)c(=O)n2C.[Cl-].[H+]. The van der Waals surface area contributed by atoms with Gasteiger partial charge in [-0.05, 0) is 12.1 Å². The van der Waals surface area contributed by atoms with E-state index in [1.54, 1.807) is 7.05 Å². The van der Waals surface area contributed by atoms with E-state index in [9.17, 15) is 14.7 Å². The fourth-order valence-corrected chi connectivity index (χ4v) is 3.46. The first-order chi connectivity index (χ1) is 13.5. The fraction of sp³-hybridized carbons (Fsp3) is 0.450. The molecule has 29 heavy (non-hydrogen) atoms. The molecule has 0 aliphatic heterocycles. The molecule has 2 heterocycles. The summed E-state index contributed by atoms with van der Waals surface area (Å²) < 4.78 is 4.47. The van der Waals surface area contributed by atoms with E-state index in [0.29, 0.717) is 37.2 Å². The van der Waals surface area contributed by atoms with Crippen LogP contribution in [0.25, 0.3) is 11.2 Å². The Morgan fingerprint density at radius 2 is 1.79 bits per heavy atom. The van der Waals surface area contributed by atoms with Crippen LogP contribution in [0.1, 0.15) is 19.7 Å². The molecule has 158 valence electrons. The molecule has 3 aromatic rings. The lowest BCUT2D eigenvalue weighted by atomic mass is 10.1. The Hall–Kier alpha value is -2.42. The molecule has 0 unspecified atom stereocenters. The van der Waals surface area contributed by atoms with Crippen molar-refractivity contribution in [2.75, 3.05) is 26.2 Å². The lowest BCUT2D eigenvalue weighted by molar-refractivity contribution is -0.00000727. The summed E-state index contributed by atoms with van der Waals surface area (Å²) in [6.07, 6.45) is 0.568. The van der Waals surface area contributed by atoms with Crippen molar-refractivity contribution in [1.82, 2.24) is 23.6 Å². The summed E-state index contributed by atoms with van der Waals surface area (Å²) in [6, 6.07) is 9.93. The van der Waals surface area contributed by atoms with Crippen LogP contribution in [0.4, 0.5) is 0 Å². The van der Waals surface area contributed by atoms with E-state index < -0.39 is 0 Å². The number of hydrogen-bond donors (Lipinski definition) is 1. The third-order valence-electron chi connectivity index (χ3n) is 5.14. The first kappa shape index (κ1) is 22.9. The van der Waals surface area contributed by atoms with E-state index in [1.165, 1.54) is 11.6 Å². The molecule has 3 rings (SSSR count). The normalized spacial score (nSPS) is 11.2. The molecule has 9 heteroatoms. The molecule has 0 radical (unpaired) electrons. The van der Waals surface area contributed by atoms with Gasteiger partial charge < -0.3 is 22.1 Å². The van der Waals surface area contributed by atoms with Crippen LogP contribution in [-0.4, -0.2) is 54.9 Å². The van der Waals surface area contributed by atoms with Gasteiger partial charge in [0.05, 0.1) is 6.61 Å². The van der Waals surface area contributed by atoms with E-state index in [4.69, 9.17) is 0 Å². The van der Waals surface area contributed by atoms with E-state index in [-0.39, 0.29) is 31.7 Å². The number of benzene rings is 1. The molecular formula is C20H28ClN5O3. The Balaban J connectivity index is 0.00000225. The van der Waals surface area contributed by atoms with Crippen LogP contribution in [-0.2, 0) is 27.1 Å². The molecule has 0 saturated heterocycles. The molecule has 0 fully saturated rings. The Morgan fingerprint density at radius 1 is 1.10 bits per heavy atom. The Labute approximate surface area is 176 Å². The average Bonchev–Trinajstić information content (AvgIpc) is 3.07. The third kappa shape index (κ3) is 4.60. The van der Waals surface area contributed by atoms with Gasteiger partial charge in [0.25, 0.3) is 5.56 Å². The summed E-state index contributed by atoms with van der Waals surface area (Å²) in [5.41, 5.74) is 1.21. The number of nitrogens with zero attached hydrogens (tertiary/aromatic N) is 5. The number of rotatable bonds is 8. The summed E-state index contributed by atoms with van der Waals surface area (Å²) in [7, 11) is 3.13. The minimum absolute atomic E-state index is 0. The van der Waals surface area contributed by atoms with Gasteiger partial charge in [0.1, 0.15) is 5.82 Å². The van der Waals surface area contributed by atoms with Crippen LogP contribution in [0.2, 0.25) is 0 Å². The molecule has 1 N–H and O–H groups in total. The molecule has 0 atom stereocenters. The summed E-state index contributed by atoms with van der Waals surface area (Å²) in [5, 5.41) is 9.24. The highest BCUT2D eigenvalue weighted by Crippen LogP contribution is 2.15. The fourth-order valence-electron chi connectivity index (χ4n) is 3.46. The molecule has 1 aromatic carbocycles. The van der Waals surface area contributed by atoms with Crippen molar-refractivity contribution in [1.29, 1.82) is 0 Å². The van der Waals surface area contributed by atoms with Gasteiger partial charge in [0.2, 0.25) is 0 Å². The summed E-state index contributed by atoms with van der Waals surface area (Å²) in [4.78, 5) is 32.0. The van der Waals surface area contributed by atoms with Crippen LogP contribution in [0.3, 0.4) is 0 Å². The van der Waals surface area contributed by atoms with Gasteiger partial charge in [-0.25, -0.2) is 9.78 Å². The first-order valence-corrected chi connectivity index (χ1v) is 9.50. The monoisotopic (exact) mass is 421 g/mol. The van der Waals surface area contributed by atoms with Crippen LogP contribution in [0.15, 0.2) is 39.9 Å². The summed E-state index contributed by atoms with van der Waals surface area (Å²) in [6.45, 7) is 4.74. The zero-order chi connectivity index (χ0) is 20.3. The Bertz CT molecular complexity index is 1080. The zero-order valence-corrected chi connectivity index (χ0v) is 17.8. The number of likely N-dealkylation sites (N-methyl/N-ethyl adjacent to an activating group) is 1. The van der Waals surface area contributed by atoms with Gasteiger partial charge >= 0.3 is 7.12 Å². The standard InChI is InChI=1S/C20H27N5O3.ClH/c1-4-24(12-13-26)10-11-25-16(14-15-8-6-5-7-9-15)21-18-17(25)19(27)23(3)20(28)22(18)2;/h5-9,26H,4,10-14H2,1-3H3;1H. The maximum absolute atomic E-state index is 12.9. The van der Waals surface area contributed by atoms with Crippen molar-refractivity contribution in [3.63, 3.8) is 0 Å². The number of aryl methyl sites for hydroxylation is 1. The Kier molecular flexibility index (Phi) is 7.78. The molecule has 0 bridgehead atoms. The van der Waals surface area contributed by atoms with Gasteiger partial charge in [-0.15, -0.1) is 0 Å². The van der Waals surface area contributed by atoms with E-state index >= 15 is 0 Å². The van der Waals surface area contributed by atoms with Crippen molar-refractivity contribution in [3.05, 3.63) is 62.6 Å². The van der Waals surface area contributed by atoms with Crippen molar-refractivity contribution >= 4 is 11.2 Å². The maximum Gasteiger partial charge on any atom is 1.00 e.